The van der Waals surface area contributed by atoms with Crippen LogP contribution in [-0.2, 0) is 0 Å². The molecule has 10 heteroatoms. The lowest BCUT2D eigenvalue weighted by Gasteiger charge is -2.09. The Morgan fingerprint density at radius 2 is 2.05 bits per heavy atom. The average molecular weight is 330 g/mol. The fourth-order valence-electron chi connectivity index (χ4n) is 1.54. The minimum absolute atomic E-state index is 0.00633. The van der Waals surface area contributed by atoms with Gasteiger partial charge in [-0.15, -0.1) is 0 Å². The SMILES string of the molecule is Cc1nc(NN)nc(Oc2ccc(Cl)c(Cl)c2)c1[N+](=O)[O-]. The van der Waals surface area contributed by atoms with E-state index < -0.39 is 4.92 Å². The Labute approximate surface area is 129 Å². The normalized spacial score (nSPS) is 10.3. The van der Waals surface area contributed by atoms with Gasteiger partial charge in [0, 0.05) is 6.07 Å². The lowest BCUT2D eigenvalue weighted by Crippen LogP contribution is -2.12. The van der Waals surface area contributed by atoms with Gasteiger partial charge in [-0.05, 0) is 19.1 Å². The molecule has 0 radical (unpaired) electrons. The van der Waals surface area contributed by atoms with Gasteiger partial charge in [-0.25, -0.2) is 10.8 Å². The fourth-order valence-corrected chi connectivity index (χ4v) is 1.83. The number of hydrogen-bond donors (Lipinski definition) is 2. The molecule has 1 aromatic heterocycles. The molecule has 0 amide bonds. The lowest BCUT2D eigenvalue weighted by molar-refractivity contribution is -0.386. The summed E-state index contributed by atoms with van der Waals surface area (Å²) in [7, 11) is 0. The molecule has 2 aromatic rings. The number of hydrazine groups is 1. The molecule has 0 aliphatic carbocycles. The maximum absolute atomic E-state index is 11.1. The van der Waals surface area contributed by atoms with Crippen LogP contribution in [0.5, 0.6) is 11.6 Å². The standard InChI is InChI=1S/C11H9Cl2N5O3/c1-5-9(18(19)20)10(16-11(15-5)17-14)21-6-2-3-7(12)8(13)4-6/h2-4H,14H2,1H3,(H,15,16,17). The first kappa shape index (κ1) is 15.2. The Bertz CT molecular complexity index is 710. The molecule has 0 spiro atoms. The average Bonchev–Trinajstić information content (AvgIpc) is 2.41. The van der Waals surface area contributed by atoms with Crippen molar-refractivity contribution in [1.29, 1.82) is 0 Å². The van der Waals surface area contributed by atoms with E-state index in [1.807, 2.05) is 0 Å². The van der Waals surface area contributed by atoms with Crippen molar-refractivity contribution in [1.82, 2.24) is 9.97 Å². The Balaban J connectivity index is 2.48. The number of aryl methyl sites for hydroxylation is 1. The number of anilines is 1. The largest absolute Gasteiger partial charge is 0.433 e. The first-order valence-corrected chi connectivity index (χ1v) is 6.30. The summed E-state index contributed by atoms with van der Waals surface area (Å²) in [5, 5.41) is 11.7. The smallest absolute Gasteiger partial charge is 0.352 e. The van der Waals surface area contributed by atoms with E-state index in [4.69, 9.17) is 33.8 Å². The molecule has 2 rings (SSSR count). The van der Waals surface area contributed by atoms with Crippen molar-refractivity contribution in [3.05, 3.63) is 44.1 Å². The van der Waals surface area contributed by atoms with Gasteiger partial charge in [0.25, 0.3) is 0 Å². The van der Waals surface area contributed by atoms with Crippen LogP contribution < -0.4 is 16.0 Å². The van der Waals surface area contributed by atoms with Crippen LogP contribution in [0.25, 0.3) is 0 Å². The number of nitrogens with one attached hydrogen (secondary N) is 1. The van der Waals surface area contributed by atoms with Gasteiger partial charge in [0.05, 0.1) is 15.0 Å². The van der Waals surface area contributed by atoms with Crippen LogP contribution in [0.15, 0.2) is 18.2 Å². The highest BCUT2D eigenvalue weighted by Gasteiger charge is 2.24. The Kier molecular flexibility index (Phi) is 4.41. The fraction of sp³-hybridized carbons (Fsp3) is 0.0909. The van der Waals surface area contributed by atoms with Crippen LogP contribution in [0.2, 0.25) is 10.0 Å². The molecule has 1 aromatic carbocycles. The summed E-state index contributed by atoms with van der Waals surface area (Å²) in [6.07, 6.45) is 0. The third-order valence-electron chi connectivity index (χ3n) is 2.44. The van der Waals surface area contributed by atoms with Crippen LogP contribution in [0, 0.1) is 17.0 Å². The molecule has 0 saturated heterocycles. The van der Waals surface area contributed by atoms with Crippen LogP contribution >= 0.6 is 23.2 Å². The third-order valence-corrected chi connectivity index (χ3v) is 3.18. The molecule has 1 heterocycles. The maximum Gasteiger partial charge on any atom is 0.352 e. The van der Waals surface area contributed by atoms with E-state index in [0.29, 0.717) is 5.02 Å². The molecule has 0 aliphatic heterocycles. The van der Waals surface area contributed by atoms with Gasteiger partial charge in [-0.2, -0.15) is 4.98 Å². The molecule has 21 heavy (non-hydrogen) atoms. The summed E-state index contributed by atoms with van der Waals surface area (Å²) in [4.78, 5) is 18.1. The zero-order valence-corrected chi connectivity index (χ0v) is 12.1. The molecule has 0 unspecified atom stereocenters. The highest BCUT2D eigenvalue weighted by Crippen LogP contribution is 2.34. The number of rotatable bonds is 4. The van der Waals surface area contributed by atoms with Gasteiger partial charge in [-0.3, -0.25) is 15.5 Å². The second-order valence-electron chi connectivity index (χ2n) is 3.87. The van der Waals surface area contributed by atoms with E-state index in [2.05, 4.69) is 15.4 Å². The van der Waals surface area contributed by atoms with E-state index in [1.165, 1.54) is 25.1 Å². The van der Waals surface area contributed by atoms with E-state index in [0.717, 1.165) is 0 Å². The topological polar surface area (TPSA) is 116 Å². The highest BCUT2D eigenvalue weighted by molar-refractivity contribution is 6.42. The molecule has 0 bridgehead atoms. The number of aromatic nitrogens is 2. The first-order valence-electron chi connectivity index (χ1n) is 5.55. The molecule has 3 N–H and O–H groups in total. The van der Waals surface area contributed by atoms with Crippen LogP contribution in [0.3, 0.4) is 0 Å². The van der Waals surface area contributed by atoms with Gasteiger partial charge >= 0.3 is 11.6 Å². The second kappa shape index (κ2) is 6.08. The van der Waals surface area contributed by atoms with Crippen molar-refractivity contribution in [3.63, 3.8) is 0 Å². The Hall–Kier alpha value is -2.16. The number of nitrogen functional groups attached to an aromatic ring is 1. The van der Waals surface area contributed by atoms with Crippen molar-refractivity contribution < 1.29 is 9.66 Å². The van der Waals surface area contributed by atoms with Crippen LogP contribution in [0.1, 0.15) is 5.69 Å². The van der Waals surface area contributed by atoms with Gasteiger partial charge in [-0.1, -0.05) is 23.2 Å². The first-order chi connectivity index (χ1) is 9.92. The zero-order chi connectivity index (χ0) is 15.6. The van der Waals surface area contributed by atoms with Gasteiger partial charge in [0.2, 0.25) is 5.95 Å². The van der Waals surface area contributed by atoms with Crippen molar-refractivity contribution in [2.75, 3.05) is 5.43 Å². The summed E-state index contributed by atoms with van der Waals surface area (Å²) < 4.78 is 5.40. The number of nitrogens with zero attached hydrogens (tertiary/aromatic N) is 3. The van der Waals surface area contributed by atoms with Crippen LogP contribution in [-0.4, -0.2) is 14.9 Å². The van der Waals surface area contributed by atoms with Crippen molar-refractivity contribution in [3.8, 4) is 11.6 Å². The minimum Gasteiger partial charge on any atom is -0.433 e. The number of benzene rings is 1. The van der Waals surface area contributed by atoms with Crippen molar-refractivity contribution >= 4 is 34.8 Å². The van der Waals surface area contributed by atoms with E-state index >= 15 is 0 Å². The van der Waals surface area contributed by atoms with Crippen molar-refractivity contribution in [2.45, 2.75) is 6.92 Å². The predicted molar refractivity (Wildman–Crippen MR) is 77.8 cm³/mol. The van der Waals surface area contributed by atoms with Gasteiger partial charge in [0.15, 0.2) is 0 Å². The monoisotopic (exact) mass is 329 g/mol. The number of ether oxygens (including phenoxy) is 1. The van der Waals surface area contributed by atoms with Gasteiger partial charge < -0.3 is 4.74 Å². The summed E-state index contributed by atoms with van der Waals surface area (Å²) >= 11 is 11.7. The number of nitrogens with two attached hydrogens (primary N) is 1. The minimum atomic E-state index is -0.636. The molecule has 8 nitrogen and oxygen atoms in total. The van der Waals surface area contributed by atoms with E-state index in [1.54, 1.807) is 0 Å². The lowest BCUT2D eigenvalue weighted by atomic mass is 10.3. The molecule has 0 atom stereocenters. The number of hydrogen-bond acceptors (Lipinski definition) is 7. The number of halogens is 2. The summed E-state index contributed by atoms with van der Waals surface area (Å²) in [5.41, 5.74) is 1.96. The summed E-state index contributed by atoms with van der Waals surface area (Å²) in [6, 6.07) is 4.42. The third kappa shape index (κ3) is 3.30. The Morgan fingerprint density at radius 1 is 1.33 bits per heavy atom. The molecular weight excluding hydrogens is 321 g/mol. The molecule has 110 valence electrons. The quantitative estimate of drug-likeness (QED) is 0.502. The summed E-state index contributed by atoms with van der Waals surface area (Å²) in [6.45, 7) is 1.45. The second-order valence-corrected chi connectivity index (χ2v) is 4.68. The van der Waals surface area contributed by atoms with E-state index in [9.17, 15) is 10.1 Å². The molecule has 0 saturated carbocycles. The Morgan fingerprint density at radius 3 is 2.62 bits per heavy atom. The van der Waals surface area contributed by atoms with Crippen LogP contribution in [0.4, 0.5) is 11.6 Å². The molecule has 0 aliphatic rings. The predicted octanol–water partition coefficient (Wildman–Crippen LogP) is 3.08. The zero-order valence-electron chi connectivity index (χ0n) is 10.6. The summed E-state index contributed by atoms with van der Waals surface area (Å²) in [5.74, 6) is 5.20. The van der Waals surface area contributed by atoms with Gasteiger partial charge in [0.1, 0.15) is 11.4 Å². The maximum atomic E-state index is 11.1. The molecule has 0 fully saturated rings. The number of nitro groups is 1. The highest BCUT2D eigenvalue weighted by atomic mass is 35.5. The van der Waals surface area contributed by atoms with E-state index in [-0.39, 0.29) is 34.0 Å². The van der Waals surface area contributed by atoms with Crippen molar-refractivity contribution in [2.24, 2.45) is 5.84 Å². The molecular formula is C11H9Cl2N5O3.